The molecule has 4 nitrogen and oxygen atoms in total. The predicted molar refractivity (Wildman–Crippen MR) is 63.5 cm³/mol. The van der Waals surface area contributed by atoms with Crippen LogP contribution in [-0.4, -0.2) is 17.1 Å². The van der Waals surface area contributed by atoms with Gasteiger partial charge in [0.05, 0.1) is 12.8 Å². The van der Waals surface area contributed by atoms with E-state index in [0.717, 1.165) is 17.0 Å². The van der Waals surface area contributed by atoms with Crippen molar-refractivity contribution in [2.75, 3.05) is 7.11 Å². The van der Waals surface area contributed by atoms with Gasteiger partial charge >= 0.3 is 0 Å². The molecule has 2 rings (SSSR count). The van der Waals surface area contributed by atoms with Gasteiger partial charge in [0.25, 0.3) is 0 Å². The van der Waals surface area contributed by atoms with Crippen molar-refractivity contribution in [2.45, 2.75) is 6.92 Å². The fraction of sp³-hybridized carbons (Fsp3) is 0.154. The van der Waals surface area contributed by atoms with Crippen molar-refractivity contribution in [2.24, 2.45) is 0 Å². The van der Waals surface area contributed by atoms with Gasteiger partial charge < -0.3 is 4.74 Å². The highest BCUT2D eigenvalue weighted by molar-refractivity contribution is 5.67. The molecular weight excluding hydrogens is 214 g/mol. The molecule has 0 N–H and O–H groups in total. The van der Waals surface area contributed by atoms with Crippen molar-refractivity contribution in [1.29, 1.82) is 5.26 Å². The molecule has 0 spiro atoms. The van der Waals surface area contributed by atoms with E-state index in [1.54, 1.807) is 7.11 Å². The summed E-state index contributed by atoms with van der Waals surface area (Å²) in [5.41, 5.74) is 2.32. The van der Waals surface area contributed by atoms with Gasteiger partial charge in [0, 0.05) is 11.3 Å². The van der Waals surface area contributed by atoms with E-state index in [4.69, 9.17) is 10.00 Å². The lowest BCUT2D eigenvalue weighted by molar-refractivity contribution is 0.416. The first kappa shape index (κ1) is 11.1. The Kier molecular flexibility index (Phi) is 3.01. The molecule has 17 heavy (non-hydrogen) atoms. The zero-order chi connectivity index (χ0) is 12.3. The average molecular weight is 225 g/mol. The maximum Gasteiger partial charge on any atom is 0.232 e. The van der Waals surface area contributed by atoms with E-state index in [9.17, 15) is 0 Å². The molecule has 0 unspecified atom stereocenters. The molecule has 4 heteroatoms. The molecule has 0 atom stereocenters. The highest BCUT2D eigenvalue weighted by atomic mass is 16.5. The molecule has 1 heterocycles. The van der Waals surface area contributed by atoms with E-state index >= 15 is 0 Å². The maximum absolute atomic E-state index is 8.85. The third-order valence-corrected chi connectivity index (χ3v) is 2.34. The van der Waals surface area contributed by atoms with Crippen LogP contribution in [0.4, 0.5) is 0 Å². The van der Waals surface area contributed by atoms with E-state index < -0.39 is 0 Å². The lowest BCUT2D eigenvalue weighted by Crippen LogP contribution is -1.96. The molecule has 2 aromatic rings. The minimum absolute atomic E-state index is 0.172. The normalized spacial score (nSPS) is 9.71. The summed E-state index contributed by atoms with van der Waals surface area (Å²) in [7, 11) is 1.61. The average Bonchev–Trinajstić information content (AvgIpc) is 2.37. The molecule has 0 bridgehead atoms. The van der Waals surface area contributed by atoms with E-state index in [0.29, 0.717) is 5.69 Å². The zero-order valence-corrected chi connectivity index (χ0v) is 9.64. The third-order valence-electron chi connectivity index (χ3n) is 2.34. The summed E-state index contributed by atoms with van der Waals surface area (Å²) >= 11 is 0. The quantitative estimate of drug-likeness (QED) is 0.787. The maximum atomic E-state index is 8.85. The molecule has 0 fully saturated rings. The Morgan fingerprint density at radius 2 is 2.00 bits per heavy atom. The number of hydrogen-bond donors (Lipinski definition) is 0. The fourth-order valence-electron chi connectivity index (χ4n) is 1.61. The van der Waals surface area contributed by atoms with Crippen LogP contribution in [0.3, 0.4) is 0 Å². The van der Waals surface area contributed by atoms with Gasteiger partial charge in [0.1, 0.15) is 11.8 Å². The Balaban J connectivity index is 2.60. The van der Waals surface area contributed by atoms with Crippen molar-refractivity contribution in [1.82, 2.24) is 9.97 Å². The van der Waals surface area contributed by atoms with Crippen molar-refractivity contribution in [3.05, 3.63) is 41.9 Å². The number of aromatic nitrogens is 2. The van der Waals surface area contributed by atoms with E-state index in [2.05, 4.69) is 9.97 Å². The minimum atomic E-state index is 0.172. The molecule has 1 aromatic carbocycles. The topological polar surface area (TPSA) is 58.8 Å². The summed E-state index contributed by atoms with van der Waals surface area (Å²) < 4.78 is 5.27. The highest BCUT2D eigenvalue weighted by Crippen LogP contribution is 2.28. The number of benzene rings is 1. The molecule has 84 valence electrons. The number of aryl methyl sites for hydroxylation is 1. The number of ether oxygens (including phenoxy) is 1. The van der Waals surface area contributed by atoms with Crippen molar-refractivity contribution < 1.29 is 4.74 Å². The van der Waals surface area contributed by atoms with Gasteiger partial charge in [-0.3, -0.25) is 0 Å². The zero-order valence-electron chi connectivity index (χ0n) is 9.64. The van der Waals surface area contributed by atoms with Crippen LogP contribution >= 0.6 is 0 Å². The Bertz CT molecular complexity index is 587. The largest absolute Gasteiger partial charge is 0.496 e. The molecule has 0 saturated heterocycles. The number of rotatable bonds is 2. The van der Waals surface area contributed by atoms with Gasteiger partial charge in [0.2, 0.25) is 5.82 Å². The second-order valence-corrected chi connectivity index (χ2v) is 3.53. The molecule has 0 aliphatic heterocycles. The standard InChI is InChI=1S/C13H11N3O/c1-9-7-11(16-13(8-14)15-9)10-5-3-4-6-12(10)17-2/h3-7H,1-2H3. The summed E-state index contributed by atoms with van der Waals surface area (Å²) in [6.07, 6.45) is 0. The highest BCUT2D eigenvalue weighted by Gasteiger charge is 2.08. The summed E-state index contributed by atoms with van der Waals surface area (Å²) in [6.45, 7) is 1.83. The first-order valence-electron chi connectivity index (χ1n) is 5.14. The number of nitriles is 1. The monoisotopic (exact) mass is 225 g/mol. The molecule has 0 aliphatic carbocycles. The van der Waals surface area contributed by atoms with Gasteiger partial charge in [-0.2, -0.15) is 5.26 Å². The SMILES string of the molecule is COc1ccccc1-c1cc(C)nc(C#N)n1. The van der Waals surface area contributed by atoms with E-state index in [-0.39, 0.29) is 5.82 Å². The van der Waals surface area contributed by atoms with Crippen molar-refractivity contribution >= 4 is 0 Å². The van der Waals surface area contributed by atoms with Gasteiger partial charge in [-0.25, -0.2) is 9.97 Å². The van der Waals surface area contributed by atoms with Crippen LogP contribution in [0, 0.1) is 18.3 Å². The Labute approximate surface area is 99.5 Å². The van der Waals surface area contributed by atoms with Gasteiger partial charge in [-0.15, -0.1) is 0 Å². The van der Waals surface area contributed by atoms with Gasteiger partial charge in [-0.05, 0) is 25.1 Å². The summed E-state index contributed by atoms with van der Waals surface area (Å²) in [5.74, 6) is 0.903. The lowest BCUT2D eigenvalue weighted by atomic mass is 10.1. The van der Waals surface area contributed by atoms with Crippen LogP contribution in [0.5, 0.6) is 5.75 Å². The molecule has 0 amide bonds. The van der Waals surface area contributed by atoms with Crippen LogP contribution in [-0.2, 0) is 0 Å². The predicted octanol–water partition coefficient (Wildman–Crippen LogP) is 2.33. The van der Waals surface area contributed by atoms with Crippen LogP contribution < -0.4 is 4.74 Å². The Hall–Kier alpha value is -2.41. The number of methoxy groups -OCH3 is 1. The first-order chi connectivity index (χ1) is 8.24. The van der Waals surface area contributed by atoms with E-state index in [1.165, 1.54) is 0 Å². The van der Waals surface area contributed by atoms with Crippen molar-refractivity contribution in [3.8, 4) is 23.1 Å². The Morgan fingerprint density at radius 1 is 1.24 bits per heavy atom. The summed E-state index contributed by atoms with van der Waals surface area (Å²) in [5, 5.41) is 8.85. The molecule has 1 aromatic heterocycles. The molecule has 0 saturated carbocycles. The van der Waals surface area contributed by atoms with Crippen molar-refractivity contribution in [3.63, 3.8) is 0 Å². The van der Waals surface area contributed by atoms with E-state index in [1.807, 2.05) is 43.3 Å². The van der Waals surface area contributed by atoms with Crippen LogP contribution in [0.1, 0.15) is 11.5 Å². The van der Waals surface area contributed by atoms with Crippen LogP contribution in [0.25, 0.3) is 11.3 Å². The van der Waals surface area contributed by atoms with Crippen LogP contribution in [0.15, 0.2) is 30.3 Å². The second kappa shape index (κ2) is 4.62. The second-order valence-electron chi connectivity index (χ2n) is 3.53. The van der Waals surface area contributed by atoms with Gasteiger partial charge in [0.15, 0.2) is 0 Å². The lowest BCUT2D eigenvalue weighted by Gasteiger charge is -2.07. The molecular formula is C13H11N3O. The minimum Gasteiger partial charge on any atom is -0.496 e. The Morgan fingerprint density at radius 3 is 2.71 bits per heavy atom. The van der Waals surface area contributed by atoms with Crippen LogP contribution in [0.2, 0.25) is 0 Å². The number of hydrogen-bond acceptors (Lipinski definition) is 4. The van der Waals surface area contributed by atoms with Gasteiger partial charge in [-0.1, -0.05) is 12.1 Å². The molecule has 0 aliphatic rings. The fourth-order valence-corrected chi connectivity index (χ4v) is 1.61. The number of nitrogens with zero attached hydrogens (tertiary/aromatic N) is 3. The number of para-hydroxylation sites is 1. The third kappa shape index (κ3) is 2.23. The summed E-state index contributed by atoms with van der Waals surface area (Å²) in [6, 6.07) is 11.3. The summed E-state index contributed by atoms with van der Waals surface area (Å²) in [4.78, 5) is 8.20. The smallest absolute Gasteiger partial charge is 0.232 e. The molecule has 0 radical (unpaired) electrons. The first-order valence-corrected chi connectivity index (χ1v) is 5.14.